The second-order valence-corrected chi connectivity index (χ2v) is 10.7. The van der Waals surface area contributed by atoms with Gasteiger partial charge in [-0.25, -0.2) is 0 Å². The van der Waals surface area contributed by atoms with E-state index in [0.717, 1.165) is 44.3 Å². The summed E-state index contributed by atoms with van der Waals surface area (Å²) in [6.45, 7) is 10.9. The third kappa shape index (κ3) is 1.33. The van der Waals surface area contributed by atoms with Crippen LogP contribution in [0, 0.1) is 39.9 Å². The highest BCUT2D eigenvalue weighted by molar-refractivity contribution is 5.87. The van der Waals surface area contributed by atoms with Gasteiger partial charge in [0.05, 0.1) is 12.2 Å². The lowest BCUT2D eigenvalue weighted by molar-refractivity contribution is -0.211. The van der Waals surface area contributed by atoms with Gasteiger partial charge >= 0.3 is 0 Å². The normalized spacial score (nSPS) is 62.7. The van der Waals surface area contributed by atoms with Crippen LogP contribution in [0.25, 0.3) is 0 Å². The number of likely N-dealkylation sites (tertiary alicyclic amines) is 1. The summed E-state index contributed by atoms with van der Waals surface area (Å²) in [6.07, 6.45) is 3.50. The Bertz CT molecular complexity index is 735. The van der Waals surface area contributed by atoms with Gasteiger partial charge in [0.15, 0.2) is 0 Å². The van der Waals surface area contributed by atoms with E-state index in [4.69, 9.17) is 0 Å². The molecule has 0 amide bonds. The van der Waals surface area contributed by atoms with E-state index < -0.39 is 6.10 Å². The molecule has 5 aliphatic carbocycles. The molecule has 6 rings (SSSR count). The molecule has 2 spiro atoms. The number of aliphatic hydroxyl groups is 2. The maximum atomic E-state index is 13.0. The van der Waals surface area contributed by atoms with Crippen molar-refractivity contribution in [1.29, 1.82) is 0 Å². The Morgan fingerprint density at radius 2 is 2.08 bits per heavy atom. The van der Waals surface area contributed by atoms with Crippen molar-refractivity contribution in [3.05, 3.63) is 12.2 Å². The average molecular weight is 357 g/mol. The average Bonchev–Trinajstić information content (AvgIpc) is 3.14. The fourth-order valence-electron chi connectivity index (χ4n) is 9.75. The van der Waals surface area contributed by atoms with Crippen LogP contribution in [-0.2, 0) is 4.79 Å². The zero-order valence-corrected chi connectivity index (χ0v) is 15.9. The number of fused-ring (bicyclic) bond motifs is 1. The van der Waals surface area contributed by atoms with E-state index in [9.17, 15) is 15.0 Å². The number of piperidine rings is 1. The first kappa shape index (κ1) is 16.3. The second kappa shape index (κ2) is 4.47. The van der Waals surface area contributed by atoms with Gasteiger partial charge in [-0.05, 0) is 61.0 Å². The quantitative estimate of drug-likeness (QED) is 0.705. The first-order valence-corrected chi connectivity index (χ1v) is 10.6. The van der Waals surface area contributed by atoms with Gasteiger partial charge in [0, 0.05) is 35.8 Å². The Kier molecular flexibility index (Phi) is 2.80. The number of hydrogen-bond donors (Lipinski definition) is 2. The number of aliphatic hydroxyl groups excluding tert-OH is 2. The Balaban J connectivity index is 1.62. The summed E-state index contributed by atoms with van der Waals surface area (Å²) in [5, 5.41) is 22.8. The highest BCUT2D eigenvalue weighted by Crippen LogP contribution is 2.83. The van der Waals surface area contributed by atoms with Crippen LogP contribution in [-0.4, -0.2) is 52.2 Å². The fraction of sp³-hybridized carbons (Fsp3) is 0.864. The summed E-state index contributed by atoms with van der Waals surface area (Å²) < 4.78 is 0. The number of carbonyl (C=O) groups is 1. The summed E-state index contributed by atoms with van der Waals surface area (Å²) >= 11 is 0. The molecule has 5 saturated carbocycles. The van der Waals surface area contributed by atoms with E-state index in [0.29, 0.717) is 24.3 Å². The molecule has 0 aromatic carbocycles. The molecular weight excluding hydrogens is 326 g/mol. The predicted molar refractivity (Wildman–Crippen MR) is 97.2 cm³/mol. The van der Waals surface area contributed by atoms with Crippen molar-refractivity contribution >= 4 is 5.78 Å². The van der Waals surface area contributed by atoms with Crippen LogP contribution in [0.2, 0.25) is 0 Å². The van der Waals surface area contributed by atoms with Crippen molar-refractivity contribution in [2.45, 2.75) is 64.2 Å². The first-order valence-electron chi connectivity index (χ1n) is 10.6. The molecule has 4 heteroatoms. The number of nitrogens with zero attached hydrogens (tertiary/aromatic N) is 1. The molecule has 0 aromatic heterocycles. The smallest absolute Gasteiger partial charge is 0.140 e. The molecule has 1 heterocycles. The molecule has 1 saturated heterocycles. The highest BCUT2D eigenvalue weighted by atomic mass is 16.3. The van der Waals surface area contributed by atoms with Crippen LogP contribution in [0.5, 0.6) is 0 Å². The summed E-state index contributed by atoms with van der Waals surface area (Å²) in [6, 6.07) is 0.331. The van der Waals surface area contributed by atoms with Gasteiger partial charge in [0.2, 0.25) is 0 Å². The van der Waals surface area contributed by atoms with Crippen LogP contribution < -0.4 is 0 Å². The maximum Gasteiger partial charge on any atom is 0.140 e. The molecule has 7 bridgehead atoms. The molecule has 6 fully saturated rings. The fourth-order valence-corrected chi connectivity index (χ4v) is 9.75. The summed E-state index contributed by atoms with van der Waals surface area (Å²) in [5.41, 5.74) is 0.598. The first-order chi connectivity index (χ1) is 12.3. The van der Waals surface area contributed by atoms with Crippen molar-refractivity contribution in [3.8, 4) is 0 Å². The lowest BCUT2D eigenvalue weighted by atomic mass is 9.43. The van der Waals surface area contributed by atoms with Crippen molar-refractivity contribution in [3.63, 3.8) is 0 Å². The largest absolute Gasteiger partial charge is 0.392 e. The zero-order chi connectivity index (χ0) is 18.2. The molecule has 26 heavy (non-hydrogen) atoms. The Hall–Kier alpha value is -0.710. The summed E-state index contributed by atoms with van der Waals surface area (Å²) in [5.74, 6) is 1.16. The highest BCUT2D eigenvalue weighted by Gasteiger charge is 2.85. The second-order valence-electron chi connectivity index (χ2n) is 10.7. The van der Waals surface area contributed by atoms with Crippen molar-refractivity contribution in [1.82, 2.24) is 4.90 Å². The third-order valence-corrected chi connectivity index (χ3v) is 10.4. The number of carbonyl (C=O) groups excluding carboxylic acids is 1. The monoisotopic (exact) mass is 357 g/mol. The Labute approximate surface area is 155 Å². The van der Waals surface area contributed by atoms with Crippen molar-refractivity contribution in [2.75, 3.05) is 13.1 Å². The molecule has 142 valence electrons. The van der Waals surface area contributed by atoms with E-state index >= 15 is 0 Å². The van der Waals surface area contributed by atoms with E-state index in [2.05, 4.69) is 25.3 Å². The number of rotatable bonds is 1. The number of hydrogen-bond acceptors (Lipinski definition) is 4. The molecule has 0 radical (unpaired) electrons. The predicted octanol–water partition coefficient (Wildman–Crippen LogP) is 2.00. The van der Waals surface area contributed by atoms with Crippen LogP contribution >= 0.6 is 0 Å². The van der Waals surface area contributed by atoms with Gasteiger partial charge in [-0.3, -0.25) is 9.69 Å². The zero-order valence-electron chi connectivity index (χ0n) is 15.9. The Morgan fingerprint density at radius 3 is 2.81 bits per heavy atom. The van der Waals surface area contributed by atoms with Gasteiger partial charge in [-0.1, -0.05) is 20.4 Å². The van der Waals surface area contributed by atoms with Gasteiger partial charge in [0.25, 0.3) is 0 Å². The van der Waals surface area contributed by atoms with E-state index in [1.165, 1.54) is 0 Å². The molecule has 2 N–H and O–H groups in total. The van der Waals surface area contributed by atoms with Crippen LogP contribution in [0.3, 0.4) is 0 Å². The Morgan fingerprint density at radius 1 is 1.31 bits per heavy atom. The van der Waals surface area contributed by atoms with E-state index in [1.807, 2.05) is 0 Å². The van der Waals surface area contributed by atoms with Gasteiger partial charge in [0.1, 0.15) is 5.78 Å². The van der Waals surface area contributed by atoms with Crippen LogP contribution in [0.15, 0.2) is 12.2 Å². The van der Waals surface area contributed by atoms with E-state index in [-0.39, 0.29) is 40.0 Å². The summed E-state index contributed by atoms with van der Waals surface area (Å²) in [7, 11) is 0. The maximum absolute atomic E-state index is 13.0. The molecule has 4 nitrogen and oxygen atoms in total. The minimum atomic E-state index is -0.561. The third-order valence-electron chi connectivity index (χ3n) is 10.4. The standard InChI is InChI=1S/C22H31NO3/c1-4-23-10-20(3)6-5-17(25)22-15(20)7-13(18(22)23)21-9-12(11(2)19(21)26)14(24)8-16(21)22/h12-13,15-19,25-26H,2,4-10H2,1,3H3/t12-,13-,15?,16?,17-,18+,19+,20-,21-,22-/m0/s1. The van der Waals surface area contributed by atoms with Crippen LogP contribution in [0.4, 0.5) is 0 Å². The van der Waals surface area contributed by atoms with Gasteiger partial charge < -0.3 is 10.2 Å². The molecule has 6 aliphatic rings. The van der Waals surface area contributed by atoms with Crippen LogP contribution in [0.1, 0.15) is 46.0 Å². The summed E-state index contributed by atoms with van der Waals surface area (Å²) in [4.78, 5) is 15.6. The molecule has 1 aliphatic heterocycles. The minimum Gasteiger partial charge on any atom is -0.392 e. The lowest BCUT2D eigenvalue weighted by Gasteiger charge is -2.65. The molecule has 2 unspecified atom stereocenters. The topological polar surface area (TPSA) is 60.8 Å². The molecular formula is C22H31NO3. The number of Topliss-reactive ketones (excluding diaryl/α,β-unsaturated/α-hetero) is 1. The van der Waals surface area contributed by atoms with E-state index in [1.54, 1.807) is 0 Å². The SMILES string of the molecule is C=C1[C@@H]2C[C@]3(C(CC2=O)[C@]24C5C[C@H]3[C@H]2N(CC)C[C@]5(C)CC[C@@H]4O)[C@@H]1O. The molecule has 0 aromatic rings. The number of ketones is 1. The van der Waals surface area contributed by atoms with Gasteiger partial charge in [-0.2, -0.15) is 0 Å². The van der Waals surface area contributed by atoms with Crippen molar-refractivity contribution in [2.24, 2.45) is 39.9 Å². The lowest BCUT2D eigenvalue weighted by Crippen LogP contribution is -2.68. The van der Waals surface area contributed by atoms with Gasteiger partial charge in [-0.15, -0.1) is 0 Å². The minimum absolute atomic E-state index is 0.130. The molecule has 10 atom stereocenters. The van der Waals surface area contributed by atoms with Crippen molar-refractivity contribution < 1.29 is 15.0 Å².